The Morgan fingerprint density at radius 1 is 1.13 bits per heavy atom. The molecule has 0 spiro atoms. The molecular formula is C28H34N6O4S. The topological polar surface area (TPSA) is 143 Å². The predicted octanol–water partition coefficient (Wildman–Crippen LogP) is 3.19. The van der Waals surface area contributed by atoms with E-state index >= 15 is 0 Å². The Kier molecular flexibility index (Phi) is 5.77. The van der Waals surface area contributed by atoms with Crippen LogP contribution >= 0.6 is 0 Å². The third kappa shape index (κ3) is 4.22. The molecule has 7 rings (SSSR count). The summed E-state index contributed by atoms with van der Waals surface area (Å²) in [6.07, 6.45) is 7.89. The highest BCUT2D eigenvalue weighted by Crippen LogP contribution is 2.42. The summed E-state index contributed by atoms with van der Waals surface area (Å²) < 4.78 is 29.4. The molecule has 0 bridgehead atoms. The molecule has 3 heterocycles. The standard InChI is InChI=1S/C28H34N6O4S/c1-15(16-6-7-16)33-14-18-12-17(13-22(23(18)28(33)36)39(37,38)20-4-2-3-5-20)21-10-11-34-26(31-21)24(25(29)32-34)27(35)30-19-8-9-19/h10-13,15-16,19-20,27,30,35H,2-9,14H2,1H3,(H2,29,32)/t15-,27?/m0/s1. The number of hydrogen-bond acceptors (Lipinski definition) is 8. The Bertz CT molecular complexity index is 1590. The molecule has 206 valence electrons. The number of fused-ring (bicyclic) bond motifs is 2. The normalized spacial score (nSPS) is 21.6. The molecule has 1 amide bonds. The van der Waals surface area contributed by atoms with Gasteiger partial charge in [-0.1, -0.05) is 12.8 Å². The van der Waals surface area contributed by atoms with Crippen molar-refractivity contribution in [2.24, 2.45) is 5.92 Å². The Balaban J connectivity index is 1.35. The van der Waals surface area contributed by atoms with Gasteiger partial charge in [0.2, 0.25) is 0 Å². The lowest BCUT2D eigenvalue weighted by atomic mass is 10.0. The minimum absolute atomic E-state index is 0.0719. The first-order chi connectivity index (χ1) is 18.7. The number of nitrogens with two attached hydrogens (primary N) is 1. The molecule has 4 aliphatic rings. The Hall–Kier alpha value is -3.02. The van der Waals surface area contributed by atoms with Crippen molar-refractivity contribution in [2.75, 3.05) is 5.73 Å². The highest BCUT2D eigenvalue weighted by molar-refractivity contribution is 7.92. The fraction of sp³-hybridized carbons (Fsp3) is 0.536. The summed E-state index contributed by atoms with van der Waals surface area (Å²) in [6, 6.07) is 5.61. The molecule has 2 atom stereocenters. The smallest absolute Gasteiger partial charge is 0.256 e. The Labute approximate surface area is 227 Å². The number of aliphatic hydroxyl groups excluding tert-OH is 1. The molecule has 0 radical (unpaired) electrons. The number of carbonyl (C=O) groups is 1. The monoisotopic (exact) mass is 550 g/mol. The van der Waals surface area contributed by atoms with Crippen LogP contribution in [0.2, 0.25) is 0 Å². The number of aliphatic hydroxyl groups is 1. The molecule has 2 aromatic heterocycles. The van der Waals surface area contributed by atoms with E-state index in [-0.39, 0.29) is 28.7 Å². The predicted molar refractivity (Wildman–Crippen MR) is 145 cm³/mol. The maximum Gasteiger partial charge on any atom is 0.256 e. The van der Waals surface area contributed by atoms with Gasteiger partial charge in [0.25, 0.3) is 5.91 Å². The highest BCUT2D eigenvalue weighted by Gasteiger charge is 2.43. The molecular weight excluding hydrogens is 516 g/mol. The van der Waals surface area contributed by atoms with E-state index in [1.807, 2.05) is 11.0 Å². The van der Waals surface area contributed by atoms with Gasteiger partial charge in [-0.05, 0) is 75.1 Å². The molecule has 11 heteroatoms. The summed E-state index contributed by atoms with van der Waals surface area (Å²) in [5, 5.41) is 17.8. The maximum atomic E-state index is 14.0. The number of anilines is 1. The number of carbonyl (C=O) groups excluding carboxylic acids is 1. The van der Waals surface area contributed by atoms with Gasteiger partial charge in [0, 0.05) is 30.4 Å². The van der Waals surface area contributed by atoms with Crippen LogP contribution in [0, 0.1) is 5.92 Å². The number of aromatic nitrogens is 3. The van der Waals surface area contributed by atoms with Crippen molar-refractivity contribution in [3.8, 4) is 11.3 Å². The van der Waals surface area contributed by atoms with E-state index in [0.717, 1.165) is 44.1 Å². The quantitative estimate of drug-likeness (QED) is 0.363. The highest BCUT2D eigenvalue weighted by atomic mass is 32.2. The second-order valence-electron chi connectivity index (χ2n) is 11.7. The van der Waals surface area contributed by atoms with E-state index < -0.39 is 21.3 Å². The zero-order valence-electron chi connectivity index (χ0n) is 22.0. The minimum Gasteiger partial charge on any atom is -0.382 e. The van der Waals surface area contributed by atoms with Crippen LogP contribution in [0.15, 0.2) is 29.3 Å². The van der Waals surface area contributed by atoms with Crippen molar-refractivity contribution in [2.45, 2.75) is 93.3 Å². The maximum absolute atomic E-state index is 14.0. The van der Waals surface area contributed by atoms with Crippen molar-refractivity contribution < 1.29 is 18.3 Å². The molecule has 0 saturated heterocycles. The average Bonchev–Trinajstić information content (AvgIpc) is 3.80. The SMILES string of the molecule is C[C@@H](C1CC1)N1Cc2cc(-c3ccn4nc(N)c(C(O)NC5CC5)c4n3)cc(S(=O)(=O)C3CCCC3)c2C1=O. The van der Waals surface area contributed by atoms with Gasteiger partial charge in [-0.3, -0.25) is 10.1 Å². The number of hydrogen-bond donors (Lipinski definition) is 3. The summed E-state index contributed by atoms with van der Waals surface area (Å²) in [5.74, 6) is 0.480. The lowest BCUT2D eigenvalue weighted by Gasteiger charge is -2.24. The Morgan fingerprint density at radius 2 is 1.87 bits per heavy atom. The molecule has 1 unspecified atom stereocenters. The molecule has 3 aromatic rings. The van der Waals surface area contributed by atoms with Crippen LogP contribution in [0.5, 0.6) is 0 Å². The molecule has 4 N–H and O–H groups in total. The van der Waals surface area contributed by atoms with E-state index in [0.29, 0.717) is 53.3 Å². The van der Waals surface area contributed by atoms with E-state index in [9.17, 15) is 18.3 Å². The second kappa shape index (κ2) is 9.00. The van der Waals surface area contributed by atoms with Crippen LogP contribution in [0.4, 0.5) is 5.82 Å². The van der Waals surface area contributed by atoms with E-state index in [2.05, 4.69) is 17.3 Å². The zero-order valence-corrected chi connectivity index (χ0v) is 22.8. The first-order valence-electron chi connectivity index (χ1n) is 14.0. The second-order valence-corrected chi connectivity index (χ2v) is 13.9. The van der Waals surface area contributed by atoms with E-state index in [4.69, 9.17) is 10.7 Å². The number of rotatable bonds is 8. The van der Waals surface area contributed by atoms with Crippen LogP contribution in [-0.2, 0) is 16.4 Å². The zero-order chi connectivity index (χ0) is 27.1. The van der Waals surface area contributed by atoms with E-state index in [1.54, 1.807) is 18.3 Å². The first-order valence-corrected chi connectivity index (χ1v) is 15.6. The van der Waals surface area contributed by atoms with Gasteiger partial charge >= 0.3 is 0 Å². The van der Waals surface area contributed by atoms with Crippen LogP contribution in [0.25, 0.3) is 16.9 Å². The van der Waals surface area contributed by atoms with Gasteiger partial charge in [-0.15, -0.1) is 5.10 Å². The lowest BCUT2D eigenvalue weighted by Crippen LogP contribution is -2.35. The summed E-state index contributed by atoms with van der Waals surface area (Å²) in [5.41, 5.74) is 9.19. The minimum atomic E-state index is -3.71. The molecule has 1 aromatic carbocycles. The van der Waals surface area contributed by atoms with Gasteiger partial charge < -0.3 is 15.7 Å². The number of nitrogens with zero attached hydrogens (tertiary/aromatic N) is 4. The Morgan fingerprint density at radius 3 is 2.56 bits per heavy atom. The number of amides is 1. The lowest BCUT2D eigenvalue weighted by molar-refractivity contribution is 0.0694. The largest absolute Gasteiger partial charge is 0.382 e. The van der Waals surface area contributed by atoms with Crippen LogP contribution in [0.3, 0.4) is 0 Å². The van der Waals surface area contributed by atoms with Crippen LogP contribution < -0.4 is 11.1 Å². The fourth-order valence-electron chi connectivity index (χ4n) is 6.30. The number of nitrogens with one attached hydrogen (secondary N) is 1. The van der Waals surface area contributed by atoms with Gasteiger partial charge in [0.15, 0.2) is 21.3 Å². The summed E-state index contributed by atoms with van der Waals surface area (Å²) in [7, 11) is -3.71. The van der Waals surface area contributed by atoms with Crippen molar-refractivity contribution in [3.05, 3.63) is 41.1 Å². The van der Waals surface area contributed by atoms with Gasteiger partial charge in [0.05, 0.1) is 27.0 Å². The average molecular weight is 551 g/mol. The third-order valence-electron chi connectivity index (χ3n) is 8.93. The molecule has 10 nitrogen and oxygen atoms in total. The molecule has 3 saturated carbocycles. The van der Waals surface area contributed by atoms with Crippen LogP contribution in [-0.4, -0.2) is 56.3 Å². The summed E-state index contributed by atoms with van der Waals surface area (Å²) in [4.78, 5) is 20.4. The van der Waals surface area contributed by atoms with Gasteiger partial charge in [0.1, 0.15) is 6.23 Å². The van der Waals surface area contributed by atoms with E-state index in [1.165, 1.54) is 4.52 Å². The number of benzene rings is 1. The molecule has 39 heavy (non-hydrogen) atoms. The van der Waals surface area contributed by atoms with Crippen LogP contribution in [0.1, 0.15) is 86.0 Å². The summed E-state index contributed by atoms with van der Waals surface area (Å²) >= 11 is 0. The van der Waals surface area contributed by atoms with Crippen molar-refractivity contribution >= 4 is 27.2 Å². The first kappa shape index (κ1) is 25.0. The third-order valence-corrected chi connectivity index (χ3v) is 11.2. The van der Waals surface area contributed by atoms with Gasteiger partial charge in [-0.25, -0.2) is 17.9 Å². The molecule has 3 aliphatic carbocycles. The molecule has 1 aliphatic heterocycles. The van der Waals surface area contributed by atoms with Gasteiger partial charge in [-0.2, -0.15) is 0 Å². The fourth-order valence-corrected chi connectivity index (χ4v) is 8.40. The molecule has 3 fully saturated rings. The van der Waals surface area contributed by atoms with Crippen molar-refractivity contribution in [1.82, 2.24) is 24.8 Å². The summed E-state index contributed by atoms with van der Waals surface area (Å²) in [6.45, 7) is 2.46. The van der Waals surface area contributed by atoms with Crippen molar-refractivity contribution in [1.29, 1.82) is 0 Å². The van der Waals surface area contributed by atoms with Crippen molar-refractivity contribution in [3.63, 3.8) is 0 Å². The number of sulfone groups is 1. The number of nitrogen functional groups attached to an aromatic ring is 1.